The second kappa shape index (κ2) is 13.0. The van der Waals surface area contributed by atoms with Crippen molar-refractivity contribution >= 4 is 11.8 Å². The quantitative estimate of drug-likeness (QED) is 0.410. The van der Waals surface area contributed by atoms with Gasteiger partial charge in [-0.15, -0.1) is 10.2 Å². The number of nitrogens with zero attached hydrogens (tertiary/aromatic N) is 5. The number of methoxy groups -OCH3 is 1. The van der Waals surface area contributed by atoms with Crippen LogP contribution in [0.15, 0.2) is 48.5 Å². The molecule has 2 heterocycles. The minimum atomic E-state index is -0.955. The number of halogens is 1. The molecular formula is C29H35FN6O4. The Balaban J connectivity index is 1.40. The summed E-state index contributed by atoms with van der Waals surface area (Å²) < 4.78 is 24.9. The van der Waals surface area contributed by atoms with Gasteiger partial charge in [0.15, 0.2) is 0 Å². The molecule has 3 aromatic rings. The van der Waals surface area contributed by atoms with Crippen LogP contribution in [-0.2, 0) is 20.9 Å². The Kier molecular flexibility index (Phi) is 9.00. The van der Waals surface area contributed by atoms with Crippen LogP contribution >= 0.6 is 0 Å². The molecule has 0 spiro atoms. The molecule has 212 valence electrons. The number of hydrogen-bond acceptors (Lipinski definition) is 7. The lowest BCUT2D eigenvalue weighted by Crippen LogP contribution is -2.50. The molecule has 2 amide bonds. The highest BCUT2D eigenvalue weighted by Gasteiger charge is 2.35. The van der Waals surface area contributed by atoms with E-state index in [1.54, 1.807) is 31.4 Å². The van der Waals surface area contributed by atoms with Crippen LogP contribution in [0.3, 0.4) is 0 Å². The molecule has 1 saturated carbocycles. The number of amides is 2. The highest BCUT2D eigenvalue weighted by atomic mass is 19.1. The largest absolute Gasteiger partial charge is 0.497 e. The van der Waals surface area contributed by atoms with Gasteiger partial charge in [-0.2, -0.15) is 4.80 Å². The van der Waals surface area contributed by atoms with E-state index in [0.29, 0.717) is 23.7 Å². The molecule has 1 aliphatic carbocycles. The number of carbonyl (C=O) groups excluding carboxylic acids is 2. The molecule has 5 rings (SSSR count). The van der Waals surface area contributed by atoms with Crippen molar-refractivity contribution in [3.63, 3.8) is 0 Å². The Bertz CT molecular complexity index is 1270. The highest BCUT2D eigenvalue weighted by molar-refractivity contribution is 5.89. The van der Waals surface area contributed by atoms with Crippen LogP contribution < -0.4 is 10.1 Å². The predicted molar refractivity (Wildman–Crippen MR) is 145 cm³/mol. The maximum Gasteiger partial charge on any atom is 0.247 e. The van der Waals surface area contributed by atoms with Gasteiger partial charge in [0.05, 0.1) is 13.2 Å². The minimum absolute atomic E-state index is 0.0490. The lowest BCUT2D eigenvalue weighted by atomic mass is 9.94. The van der Waals surface area contributed by atoms with Crippen LogP contribution in [0.2, 0.25) is 0 Å². The smallest absolute Gasteiger partial charge is 0.247 e. The molecule has 10 nitrogen and oxygen atoms in total. The molecule has 2 fully saturated rings. The SMILES string of the molecule is COc1ccc(-c2nnn(CC(=O)N(C[C@@H]3CCCO3)[C@H](C(=O)NC3CCCCC3)c3ccc(F)cc3)n2)cc1. The van der Waals surface area contributed by atoms with Gasteiger partial charge in [-0.05, 0) is 72.9 Å². The van der Waals surface area contributed by atoms with Crippen molar-refractivity contribution in [2.75, 3.05) is 20.3 Å². The predicted octanol–water partition coefficient (Wildman–Crippen LogP) is 3.69. The van der Waals surface area contributed by atoms with E-state index in [0.717, 1.165) is 50.5 Å². The van der Waals surface area contributed by atoms with Gasteiger partial charge in [-0.25, -0.2) is 4.39 Å². The number of ether oxygens (including phenoxy) is 2. The topological polar surface area (TPSA) is 111 Å². The molecule has 0 unspecified atom stereocenters. The molecule has 2 atom stereocenters. The van der Waals surface area contributed by atoms with E-state index in [1.165, 1.54) is 21.8 Å². The van der Waals surface area contributed by atoms with Crippen molar-refractivity contribution in [1.29, 1.82) is 0 Å². The molecule has 1 aliphatic heterocycles. The third-order valence-corrected chi connectivity index (χ3v) is 7.52. The van der Waals surface area contributed by atoms with Gasteiger partial charge < -0.3 is 19.7 Å². The molecule has 1 N–H and O–H groups in total. The van der Waals surface area contributed by atoms with Gasteiger partial charge in [0.1, 0.15) is 24.2 Å². The van der Waals surface area contributed by atoms with E-state index < -0.39 is 11.9 Å². The van der Waals surface area contributed by atoms with E-state index in [9.17, 15) is 14.0 Å². The van der Waals surface area contributed by atoms with E-state index >= 15 is 0 Å². The molecule has 0 radical (unpaired) electrons. The molecule has 2 aliphatic rings. The first-order chi connectivity index (χ1) is 19.5. The lowest BCUT2D eigenvalue weighted by Gasteiger charge is -2.34. The van der Waals surface area contributed by atoms with Crippen molar-refractivity contribution in [3.05, 3.63) is 59.9 Å². The average molecular weight is 551 g/mol. The van der Waals surface area contributed by atoms with Crippen LogP contribution in [0.4, 0.5) is 4.39 Å². The van der Waals surface area contributed by atoms with Crippen molar-refractivity contribution in [1.82, 2.24) is 30.4 Å². The summed E-state index contributed by atoms with van der Waals surface area (Å²) in [5, 5.41) is 15.8. The second-order valence-corrected chi connectivity index (χ2v) is 10.4. The van der Waals surface area contributed by atoms with Gasteiger partial charge in [-0.1, -0.05) is 31.4 Å². The van der Waals surface area contributed by atoms with Crippen molar-refractivity contribution in [2.24, 2.45) is 0 Å². The van der Waals surface area contributed by atoms with Crippen LogP contribution in [0.5, 0.6) is 5.75 Å². The Hall–Kier alpha value is -3.86. The Morgan fingerprint density at radius 3 is 2.50 bits per heavy atom. The highest BCUT2D eigenvalue weighted by Crippen LogP contribution is 2.27. The lowest BCUT2D eigenvalue weighted by molar-refractivity contribution is -0.143. The first kappa shape index (κ1) is 27.7. The third kappa shape index (κ3) is 6.82. The zero-order valence-electron chi connectivity index (χ0n) is 22.7. The fraction of sp³-hybridized carbons (Fsp3) is 0.483. The number of tetrazole rings is 1. The maximum atomic E-state index is 13.9. The van der Waals surface area contributed by atoms with Gasteiger partial charge in [0.25, 0.3) is 0 Å². The van der Waals surface area contributed by atoms with E-state index in [4.69, 9.17) is 9.47 Å². The zero-order chi connectivity index (χ0) is 27.9. The third-order valence-electron chi connectivity index (χ3n) is 7.52. The normalized spacial score (nSPS) is 18.3. The molecule has 40 heavy (non-hydrogen) atoms. The number of carbonyl (C=O) groups is 2. The van der Waals surface area contributed by atoms with Crippen LogP contribution in [0.25, 0.3) is 11.4 Å². The van der Waals surface area contributed by atoms with Crippen LogP contribution in [0.1, 0.15) is 56.6 Å². The molecule has 1 saturated heterocycles. The summed E-state index contributed by atoms with van der Waals surface area (Å²) in [6.07, 6.45) is 6.54. The monoisotopic (exact) mass is 550 g/mol. The Morgan fingerprint density at radius 2 is 1.82 bits per heavy atom. The molecule has 1 aromatic heterocycles. The summed E-state index contributed by atoms with van der Waals surface area (Å²) in [6.45, 7) is 0.612. The second-order valence-electron chi connectivity index (χ2n) is 10.4. The number of benzene rings is 2. The van der Waals surface area contributed by atoms with Crippen molar-refractivity contribution in [3.8, 4) is 17.1 Å². The van der Waals surface area contributed by atoms with E-state index in [2.05, 4.69) is 20.7 Å². The van der Waals surface area contributed by atoms with Crippen molar-refractivity contribution in [2.45, 2.75) is 69.7 Å². The first-order valence-corrected chi connectivity index (χ1v) is 13.9. The molecular weight excluding hydrogens is 515 g/mol. The molecule has 2 aromatic carbocycles. The van der Waals surface area contributed by atoms with E-state index in [1.807, 2.05) is 12.1 Å². The zero-order valence-corrected chi connectivity index (χ0v) is 22.7. The number of hydrogen-bond donors (Lipinski definition) is 1. The van der Waals surface area contributed by atoms with E-state index in [-0.39, 0.29) is 37.0 Å². The van der Waals surface area contributed by atoms with Gasteiger partial charge in [0, 0.05) is 24.8 Å². The van der Waals surface area contributed by atoms with Gasteiger partial charge in [0.2, 0.25) is 17.6 Å². The summed E-state index contributed by atoms with van der Waals surface area (Å²) in [6, 6.07) is 12.0. The van der Waals surface area contributed by atoms with Crippen molar-refractivity contribution < 1.29 is 23.5 Å². The summed E-state index contributed by atoms with van der Waals surface area (Å²) in [7, 11) is 1.59. The Morgan fingerprint density at radius 1 is 1.07 bits per heavy atom. The fourth-order valence-electron chi connectivity index (χ4n) is 5.38. The average Bonchev–Trinajstić information content (AvgIpc) is 3.67. The van der Waals surface area contributed by atoms with Gasteiger partial charge >= 0.3 is 0 Å². The summed E-state index contributed by atoms with van der Waals surface area (Å²) in [5.41, 5.74) is 1.26. The van der Waals surface area contributed by atoms with Crippen LogP contribution in [-0.4, -0.2) is 69.3 Å². The maximum absolute atomic E-state index is 13.9. The first-order valence-electron chi connectivity index (χ1n) is 13.9. The van der Waals surface area contributed by atoms with Gasteiger partial charge in [-0.3, -0.25) is 9.59 Å². The summed E-state index contributed by atoms with van der Waals surface area (Å²) >= 11 is 0. The number of aromatic nitrogens is 4. The standard InChI is InChI=1S/C29H35FN6O4/c1-39-24-15-11-21(12-16-24)28-32-34-36(33-28)19-26(37)35(18-25-8-5-17-40-25)27(20-9-13-22(30)14-10-20)29(38)31-23-6-3-2-4-7-23/h9-16,23,25,27H,2-8,17-19H2,1H3,(H,31,38)/t25-,27-/m0/s1. The summed E-state index contributed by atoms with van der Waals surface area (Å²) in [4.78, 5) is 30.4. The molecule has 0 bridgehead atoms. The summed E-state index contributed by atoms with van der Waals surface area (Å²) in [5.74, 6) is 0.0170. The minimum Gasteiger partial charge on any atom is -0.497 e. The number of rotatable bonds is 10. The fourth-order valence-corrected chi connectivity index (χ4v) is 5.38. The molecule has 11 heteroatoms. The Labute approximate surface area is 232 Å². The van der Waals surface area contributed by atoms with Crippen LogP contribution in [0, 0.1) is 5.82 Å². The number of nitrogens with one attached hydrogen (secondary N) is 1.